The first kappa shape index (κ1) is 11.4. The monoisotopic (exact) mass is 211 g/mol. The number of rotatable bonds is 3. The highest BCUT2D eigenvalue weighted by Gasteiger charge is 2.40. The van der Waals surface area contributed by atoms with Crippen LogP contribution in [0.2, 0.25) is 0 Å². The standard InChI is InChI=1S/C13H25NO/c1-12(2)6-5-9-14(12)10-13(11-15)7-3-4-8-13/h15H,3-11H2,1-2H3. The molecule has 0 atom stereocenters. The Kier molecular flexibility index (Phi) is 3.09. The molecule has 1 saturated heterocycles. The molecule has 1 aliphatic heterocycles. The van der Waals surface area contributed by atoms with Crippen LogP contribution in [0.5, 0.6) is 0 Å². The zero-order valence-corrected chi connectivity index (χ0v) is 10.3. The van der Waals surface area contributed by atoms with Crippen molar-refractivity contribution in [1.29, 1.82) is 0 Å². The van der Waals surface area contributed by atoms with Gasteiger partial charge in [-0.3, -0.25) is 4.90 Å². The molecule has 2 aliphatic rings. The molecule has 0 unspecified atom stereocenters. The first-order valence-corrected chi connectivity index (χ1v) is 6.44. The largest absolute Gasteiger partial charge is 0.396 e. The van der Waals surface area contributed by atoms with Gasteiger partial charge in [0.25, 0.3) is 0 Å². The third-order valence-corrected chi connectivity index (χ3v) is 4.60. The Balaban J connectivity index is 2.00. The van der Waals surface area contributed by atoms with Gasteiger partial charge < -0.3 is 5.11 Å². The van der Waals surface area contributed by atoms with E-state index in [4.69, 9.17) is 0 Å². The zero-order chi connectivity index (χ0) is 10.9. The quantitative estimate of drug-likeness (QED) is 0.775. The van der Waals surface area contributed by atoms with Crippen molar-refractivity contribution < 1.29 is 5.11 Å². The molecule has 0 radical (unpaired) electrons. The van der Waals surface area contributed by atoms with E-state index in [2.05, 4.69) is 18.7 Å². The molecule has 2 rings (SSSR count). The van der Waals surface area contributed by atoms with Crippen molar-refractivity contribution in [2.24, 2.45) is 5.41 Å². The second-order valence-electron chi connectivity index (χ2n) is 6.20. The lowest BCUT2D eigenvalue weighted by atomic mass is 9.85. The summed E-state index contributed by atoms with van der Waals surface area (Å²) < 4.78 is 0. The summed E-state index contributed by atoms with van der Waals surface area (Å²) in [4.78, 5) is 2.61. The van der Waals surface area contributed by atoms with Gasteiger partial charge in [-0.1, -0.05) is 12.8 Å². The topological polar surface area (TPSA) is 23.5 Å². The Morgan fingerprint density at radius 1 is 1.07 bits per heavy atom. The molecule has 1 heterocycles. The van der Waals surface area contributed by atoms with E-state index in [0.29, 0.717) is 12.1 Å². The van der Waals surface area contributed by atoms with E-state index in [9.17, 15) is 5.11 Å². The van der Waals surface area contributed by atoms with Gasteiger partial charge in [-0.2, -0.15) is 0 Å². The molecule has 2 fully saturated rings. The van der Waals surface area contributed by atoms with Crippen LogP contribution in [-0.2, 0) is 0 Å². The van der Waals surface area contributed by atoms with Crippen molar-refractivity contribution in [1.82, 2.24) is 4.90 Å². The molecule has 0 amide bonds. The van der Waals surface area contributed by atoms with Crippen molar-refractivity contribution in [3.05, 3.63) is 0 Å². The normalized spacial score (nSPS) is 29.8. The molecule has 0 aromatic rings. The van der Waals surface area contributed by atoms with Gasteiger partial charge in [0.05, 0.1) is 0 Å². The minimum absolute atomic E-state index is 0.238. The number of likely N-dealkylation sites (tertiary alicyclic amines) is 1. The highest BCUT2D eigenvalue weighted by atomic mass is 16.3. The minimum Gasteiger partial charge on any atom is -0.396 e. The second kappa shape index (κ2) is 4.06. The van der Waals surface area contributed by atoms with Crippen LogP contribution in [0.4, 0.5) is 0 Å². The number of hydrogen-bond donors (Lipinski definition) is 1. The predicted octanol–water partition coefficient (Wildman–Crippen LogP) is 2.41. The molecule has 1 saturated carbocycles. The van der Waals surface area contributed by atoms with E-state index in [1.54, 1.807) is 0 Å². The molecule has 0 spiro atoms. The minimum atomic E-state index is 0.238. The van der Waals surface area contributed by atoms with Gasteiger partial charge in [-0.15, -0.1) is 0 Å². The summed E-state index contributed by atoms with van der Waals surface area (Å²) in [5.74, 6) is 0. The van der Waals surface area contributed by atoms with Gasteiger partial charge in [0.1, 0.15) is 0 Å². The van der Waals surface area contributed by atoms with Gasteiger partial charge in [0.15, 0.2) is 0 Å². The third kappa shape index (κ3) is 2.21. The van der Waals surface area contributed by atoms with Crippen LogP contribution >= 0.6 is 0 Å². The molecular weight excluding hydrogens is 186 g/mol. The molecule has 0 aromatic heterocycles. The van der Waals surface area contributed by atoms with E-state index >= 15 is 0 Å². The van der Waals surface area contributed by atoms with Gasteiger partial charge in [-0.25, -0.2) is 0 Å². The lowest BCUT2D eigenvalue weighted by Gasteiger charge is -2.39. The average molecular weight is 211 g/mol. The smallest absolute Gasteiger partial charge is 0.0499 e. The lowest BCUT2D eigenvalue weighted by molar-refractivity contribution is 0.0507. The van der Waals surface area contributed by atoms with Crippen molar-refractivity contribution >= 4 is 0 Å². The highest BCUT2D eigenvalue weighted by Crippen LogP contribution is 2.41. The van der Waals surface area contributed by atoms with Crippen LogP contribution < -0.4 is 0 Å². The summed E-state index contributed by atoms with van der Waals surface area (Å²) in [7, 11) is 0. The van der Waals surface area contributed by atoms with Crippen LogP contribution in [0, 0.1) is 5.41 Å². The Hall–Kier alpha value is -0.0800. The third-order valence-electron chi connectivity index (χ3n) is 4.60. The van der Waals surface area contributed by atoms with Gasteiger partial charge >= 0.3 is 0 Å². The summed E-state index contributed by atoms with van der Waals surface area (Å²) in [5, 5.41) is 9.62. The predicted molar refractivity (Wildman–Crippen MR) is 62.9 cm³/mol. The summed E-state index contributed by atoms with van der Waals surface area (Å²) in [6, 6.07) is 0. The van der Waals surface area contributed by atoms with E-state index < -0.39 is 0 Å². The molecule has 1 N–H and O–H groups in total. The van der Waals surface area contributed by atoms with Crippen molar-refractivity contribution in [2.75, 3.05) is 19.7 Å². The SMILES string of the molecule is CC1(C)CCCN1CC1(CO)CCCC1. The summed E-state index contributed by atoms with van der Waals surface area (Å²) in [6.45, 7) is 7.44. The molecule has 0 bridgehead atoms. The van der Waals surface area contributed by atoms with Crippen LogP contribution in [-0.4, -0.2) is 35.2 Å². The summed E-state index contributed by atoms with van der Waals surface area (Å²) in [5.41, 5.74) is 0.604. The zero-order valence-electron chi connectivity index (χ0n) is 10.3. The first-order chi connectivity index (χ1) is 7.08. The second-order valence-corrected chi connectivity index (χ2v) is 6.20. The van der Waals surface area contributed by atoms with Crippen LogP contribution in [0.3, 0.4) is 0 Å². The number of aliphatic hydroxyl groups excluding tert-OH is 1. The van der Waals surface area contributed by atoms with Gasteiger partial charge in [-0.05, 0) is 46.1 Å². The Bertz CT molecular complexity index is 219. The van der Waals surface area contributed by atoms with Gasteiger partial charge in [0, 0.05) is 24.1 Å². The van der Waals surface area contributed by atoms with Crippen LogP contribution in [0.15, 0.2) is 0 Å². The number of hydrogen-bond acceptors (Lipinski definition) is 2. The maximum absolute atomic E-state index is 9.62. The van der Waals surface area contributed by atoms with Crippen LogP contribution in [0.1, 0.15) is 52.4 Å². The van der Waals surface area contributed by atoms with E-state index in [1.165, 1.54) is 45.1 Å². The molecule has 0 aromatic carbocycles. The molecule has 88 valence electrons. The highest BCUT2D eigenvalue weighted by molar-refractivity contribution is 4.94. The molecule has 15 heavy (non-hydrogen) atoms. The van der Waals surface area contributed by atoms with Gasteiger partial charge in [0.2, 0.25) is 0 Å². The van der Waals surface area contributed by atoms with Crippen molar-refractivity contribution in [3.63, 3.8) is 0 Å². The Morgan fingerprint density at radius 2 is 1.73 bits per heavy atom. The molecule has 1 aliphatic carbocycles. The van der Waals surface area contributed by atoms with E-state index in [1.807, 2.05) is 0 Å². The fraction of sp³-hybridized carbons (Fsp3) is 1.00. The number of aliphatic hydroxyl groups is 1. The fourth-order valence-electron chi connectivity index (χ4n) is 3.35. The Morgan fingerprint density at radius 3 is 2.20 bits per heavy atom. The summed E-state index contributed by atoms with van der Waals surface area (Å²) in [6.07, 6.45) is 7.73. The average Bonchev–Trinajstić information content (AvgIpc) is 2.76. The lowest BCUT2D eigenvalue weighted by Crippen LogP contribution is -2.45. The maximum Gasteiger partial charge on any atom is 0.0499 e. The summed E-state index contributed by atoms with van der Waals surface area (Å²) >= 11 is 0. The van der Waals surface area contributed by atoms with Crippen molar-refractivity contribution in [3.8, 4) is 0 Å². The fourth-order valence-corrected chi connectivity index (χ4v) is 3.35. The van der Waals surface area contributed by atoms with Crippen LogP contribution in [0.25, 0.3) is 0 Å². The first-order valence-electron chi connectivity index (χ1n) is 6.44. The Labute approximate surface area is 93.7 Å². The maximum atomic E-state index is 9.62. The van der Waals surface area contributed by atoms with E-state index in [0.717, 1.165) is 6.54 Å². The molecule has 2 heteroatoms. The van der Waals surface area contributed by atoms with Crippen molar-refractivity contribution in [2.45, 2.75) is 57.9 Å². The molecule has 2 nitrogen and oxygen atoms in total. The van der Waals surface area contributed by atoms with E-state index in [-0.39, 0.29) is 5.41 Å². The number of nitrogens with zero attached hydrogens (tertiary/aromatic N) is 1. The molecular formula is C13H25NO.